The van der Waals surface area contributed by atoms with Gasteiger partial charge in [-0.05, 0) is 44.7 Å². The Balaban J connectivity index is 1.94. The summed E-state index contributed by atoms with van der Waals surface area (Å²) in [5.74, 6) is 0.865. The normalized spacial score (nSPS) is 15.1. The van der Waals surface area contributed by atoms with Crippen molar-refractivity contribution in [2.24, 2.45) is 5.92 Å². The predicted octanol–water partition coefficient (Wildman–Crippen LogP) is 3.43. The Morgan fingerprint density at radius 3 is 2.84 bits per heavy atom. The van der Waals surface area contributed by atoms with Crippen molar-refractivity contribution in [1.29, 1.82) is 0 Å². The van der Waals surface area contributed by atoms with Crippen molar-refractivity contribution < 1.29 is 4.79 Å². The second-order valence-corrected chi connectivity index (χ2v) is 5.74. The van der Waals surface area contributed by atoms with E-state index in [4.69, 9.17) is 0 Å². The molecule has 1 aliphatic rings. The first-order valence-electron chi connectivity index (χ1n) is 7.04. The van der Waals surface area contributed by atoms with Crippen molar-refractivity contribution in [1.82, 2.24) is 9.88 Å². The van der Waals surface area contributed by atoms with Crippen molar-refractivity contribution in [2.45, 2.75) is 32.7 Å². The van der Waals surface area contributed by atoms with Crippen LogP contribution >= 0.6 is 0 Å². The Morgan fingerprint density at radius 1 is 1.37 bits per heavy atom. The van der Waals surface area contributed by atoms with Crippen LogP contribution in [0.1, 0.15) is 37.0 Å². The number of nitrogens with zero attached hydrogens (tertiary/aromatic N) is 1. The minimum Gasteiger partial charge on any atom is -0.361 e. The number of rotatable bonds is 4. The first-order valence-corrected chi connectivity index (χ1v) is 7.04. The van der Waals surface area contributed by atoms with Crippen LogP contribution in [0.5, 0.6) is 0 Å². The summed E-state index contributed by atoms with van der Waals surface area (Å²) in [5.41, 5.74) is 1.74. The summed E-state index contributed by atoms with van der Waals surface area (Å²) in [6.45, 7) is 5.08. The highest BCUT2D eigenvalue weighted by molar-refractivity contribution is 6.05. The highest BCUT2D eigenvalue weighted by Crippen LogP contribution is 2.31. The van der Waals surface area contributed by atoms with Crippen LogP contribution in [0.15, 0.2) is 30.5 Å². The van der Waals surface area contributed by atoms with Crippen molar-refractivity contribution in [2.75, 3.05) is 6.54 Å². The Labute approximate surface area is 113 Å². The van der Waals surface area contributed by atoms with E-state index < -0.39 is 0 Å². The average molecular weight is 256 g/mol. The Bertz CT molecular complexity index is 596. The summed E-state index contributed by atoms with van der Waals surface area (Å²) >= 11 is 0. The van der Waals surface area contributed by atoms with Crippen LogP contribution in [0.4, 0.5) is 0 Å². The van der Waals surface area contributed by atoms with Crippen LogP contribution in [0.3, 0.4) is 0 Å². The van der Waals surface area contributed by atoms with Crippen LogP contribution in [0.25, 0.3) is 10.9 Å². The fraction of sp³-hybridized carbons (Fsp3) is 0.438. The number of para-hydroxylation sites is 1. The third kappa shape index (κ3) is 2.37. The number of aromatic nitrogens is 1. The quantitative estimate of drug-likeness (QED) is 0.894. The van der Waals surface area contributed by atoms with Gasteiger partial charge in [-0.3, -0.25) is 4.79 Å². The molecular weight excluding hydrogens is 236 g/mol. The van der Waals surface area contributed by atoms with Crippen LogP contribution in [0, 0.1) is 5.92 Å². The molecule has 1 aromatic carbocycles. The van der Waals surface area contributed by atoms with Crippen molar-refractivity contribution in [3.63, 3.8) is 0 Å². The molecule has 1 heterocycles. The zero-order valence-electron chi connectivity index (χ0n) is 11.5. The maximum Gasteiger partial charge on any atom is 0.256 e. The zero-order chi connectivity index (χ0) is 13.4. The molecule has 0 unspecified atom stereocenters. The van der Waals surface area contributed by atoms with Gasteiger partial charge >= 0.3 is 0 Å². The van der Waals surface area contributed by atoms with Crippen LogP contribution in [-0.2, 0) is 0 Å². The van der Waals surface area contributed by atoms with E-state index in [2.05, 4.69) is 18.8 Å². The van der Waals surface area contributed by atoms with Crippen molar-refractivity contribution in [3.05, 3.63) is 36.0 Å². The zero-order valence-corrected chi connectivity index (χ0v) is 11.5. The number of nitrogens with one attached hydrogen (secondary N) is 1. The monoisotopic (exact) mass is 256 g/mol. The van der Waals surface area contributed by atoms with Gasteiger partial charge in [0.2, 0.25) is 0 Å². The fourth-order valence-electron chi connectivity index (χ4n) is 2.52. The lowest BCUT2D eigenvalue weighted by molar-refractivity contribution is 0.0698. The second-order valence-electron chi connectivity index (χ2n) is 5.74. The van der Waals surface area contributed by atoms with Crippen molar-refractivity contribution >= 4 is 16.8 Å². The summed E-state index contributed by atoms with van der Waals surface area (Å²) in [6, 6.07) is 8.16. The molecule has 1 N–H and O–H groups in total. The van der Waals surface area contributed by atoms with E-state index in [0.717, 1.165) is 23.0 Å². The predicted molar refractivity (Wildman–Crippen MR) is 77.2 cm³/mol. The van der Waals surface area contributed by atoms with Crippen LogP contribution < -0.4 is 0 Å². The van der Waals surface area contributed by atoms with Gasteiger partial charge in [-0.15, -0.1) is 0 Å². The van der Waals surface area contributed by atoms with Crippen molar-refractivity contribution in [3.8, 4) is 0 Å². The Morgan fingerprint density at radius 2 is 2.16 bits per heavy atom. The number of carbonyl (C=O) groups is 1. The van der Waals surface area contributed by atoms with Crippen LogP contribution in [-0.4, -0.2) is 28.4 Å². The van der Waals surface area contributed by atoms with Gasteiger partial charge in [0.05, 0.1) is 11.1 Å². The maximum atomic E-state index is 12.8. The number of benzene rings is 1. The average Bonchev–Trinajstić information content (AvgIpc) is 3.08. The van der Waals surface area contributed by atoms with Gasteiger partial charge in [0, 0.05) is 24.2 Å². The molecule has 1 aliphatic carbocycles. The number of H-pyrrole nitrogens is 1. The first kappa shape index (κ1) is 12.3. The minimum atomic E-state index is 0.148. The molecule has 0 aliphatic heterocycles. The van der Waals surface area contributed by atoms with Gasteiger partial charge in [0.25, 0.3) is 5.91 Å². The standard InChI is InChI=1S/C16H20N2O/c1-11(2)18(10-12-6-7-12)16(19)14-5-3-4-13-8-9-17-15(13)14/h3-5,8-9,11-12,17H,6-7,10H2,1-2H3. The lowest BCUT2D eigenvalue weighted by Gasteiger charge is -2.27. The smallest absolute Gasteiger partial charge is 0.256 e. The molecule has 1 amide bonds. The molecule has 0 spiro atoms. The lowest BCUT2D eigenvalue weighted by atomic mass is 10.1. The van der Waals surface area contributed by atoms with Gasteiger partial charge in [-0.25, -0.2) is 0 Å². The van der Waals surface area contributed by atoms with E-state index >= 15 is 0 Å². The number of hydrogen-bond acceptors (Lipinski definition) is 1. The van der Waals surface area contributed by atoms with Gasteiger partial charge < -0.3 is 9.88 Å². The number of fused-ring (bicyclic) bond motifs is 1. The minimum absolute atomic E-state index is 0.148. The van der Waals surface area contributed by atoms with E-state index in [1.165, 1.54) is 12.8 Å². The Kier molecular flexibility index (Phi) is 3.05. The highest BCUT2D eigenvalue weighted by atomic mass is 16.2. The summed E-state index contributed by atoms with van der Waals surface area (Å²) in [6.07, 6.45) is 4.43. The highest BCUT2D eigenvalue weighted by Gasteiger charge is 2.29. The van der Waals surface area contributed by atoms with E-state index in [9.17, 15) is 4.79 Å². The summed E-state index contributed by atoms with van der Waals surface area (Å²) in [7, 11) is 0. The molecule has 1 fully saturated rings. The third-order valence-electron chi connectivity index (χ3n) is 3.85. The molecular formula is C16H20N2O. The second kappa shape index (κ2) is 4.72. The van der Waals surface area contributed by atoms with E-state index in [-0.39, 0.29) is 11.9 Å². The molecule has 3 rings (SSSR count). The number of hydrogen-bond donors (Lipinski definition) is 1. The Hall–Kier alpha value is -1.77. The molecule has 100 valence electrons. The SMILES string of the molecule is CC(C)N(CC1CC1)C(=O)c1cccc2cc[nH]c12. The van der Waals surface area contributed by atoms with Gasteiger partial charge in [0.15, 0.2) is 0 Å². The maximum absolute atomic E-state index is 12.8. The summed E-state index contributed by atoms with van der Waals surface area (Å²) in [5, 5.41) is 1.10. The number of carbonyl (C=O) groups excluding carboxylic acids is 1. The van der Waals surface area contributed by atoms with Gasteiger partial charge in [0.1, 0.15) is 0 Å². The van der Waals surface area contributed by atoms with E-state index in [0.29, 0.717) is 5.92 Å². The van der Waals surface area contributed by atoms with Gasteiger partial charge in [-0.1, -0.05) is 12.1 Å². The molecule has 0 radical (unpaired) electrons. The molecule has 1 saturated carbocycles. The summed E-state index contributed by atoms with van der Waals surface area (Å²) < 4.78 is 0. The number of amides is 1. The molecule has 0 bridgehead atoms. The largest absolute Gasteiger partial charge is 0.361 e. The molecule has 1 aromatic heterocycles. The molecule has 3 heteroatoms. The topological polar surface area (TPSA) is 36.1 Å². The van der Waals surface area contributed by atoms with Crippen LogP contribution in [0.2, 0.25) is 0 Å². The molecule has 2 aromatic rings. The fourth-order valence-corrected chi connectivity index (χ4v) is 2.52. The van der Waals surface area contributed by atoms with Gasteiger partial charge in [-0.2, -0.15) is 0 Å². The third-order valence-corrected chi connectivity index (χ3v) is 3.85. The molecule has 3 nitrogen and oxygen atoms in total. The molecule has 19 heavy (non-hydrogen) atoms. The number of aromatic amines is 1. The lowest BCUT2D eigenvalue weighted by Crippen LogP contribution is -2.38. The first-order chi connectivity index (χ1) is 9.16. The molecule has 0 saturated heterocycles. The van der Waals surface area contributed by atoms with E-state index in [1.807, 2.05) is 35.4 Å². The molecule has 0 atom stereocenters. The van der Waals surface area contributed by atoms with E-state index in [1.54, 1.807) is 0 Å². The summed E-state index contributed by atoms with van der Waals surface area (Å²) in [4.78, 5) is 18.0.